The summed E-state index contributed by atoms with van der Waals surface area (Å²) in [6, 6.07) is 0. The molecule has 1 saturated heterocycles. The Morgan fingerprint density at radius 2 is 1.82 bits per heavy atom. The molecule has 1 aliphatic heterocycles. The normalized spacial score (nSPS) is 53.5. The standard InChI is InChI=1S/C10H18O/c1-6-5-8(6)9-10(3,4)7(2)11-9/h6-9H,5H2,1-4H3. The minimum atomic E-state index is 0.440. The molecule has 2 fully saturated rings. The summed E-state index contributed by atoms with van der Waals surface area (Å²) >= 11 is 0. The van der Waals surface area contributed by atoms with E-state index >= 15 is 0 Å². The third-order valence-corrected chi connectivity index (χ3v) is 3.69. The molecule has 0 aromatic rings. The lowest BCUT2D eigenvalue weighted by Crippen LogP contribution is -2.55. The molecular weight excluding hydrogens is 136 g/mol. The maximum absolute atomic E-state index is 5.75. The van der Waals surface area contributed by atoms with Crippen LogP contribution in [0.5, 0.6) is 0 Å². The molecule has 0 bridgehead atoms. The topological polar surface area (TPSA) is 9.23 Å². The molecule has 0 aromatic heterocycles. The van der Waals surface area contributed by atoms with E-state index in [1.807, 2.05) is 0 Å². The van der Waals surface area contributed by atoms with Gasteiger partial charge in [0.25, 0.3) is 0 Å². The Hall–Kier alpha value is -0.0400. The lowest BCUT2D eigenvalue weighted by Gasteiger charge is -2.51. The van der Waals surface area contributed by atoms with Gasteiger partial charge in [0.05, 0.1) is 12.2 Å². The van der Waals surface area contributed by atoms with Crippen LogP contribution < -0.4 is 0 Å². The van der Waals surface area contributed by atoms with E-state index in [0.29, 0.717) is 17.6 Å². The molecule has 4 atom stereocenters. The second-order valence-corrected chi connectivity index (χ2v) is 4.90. The van der Waals surface area contributed by atoms with Crippen LogP contribution in [0.15, 0.2) is 0 Å². The van der Waals surface area contributed by atoms with E-state index in [1.54, 1.807) is 0 Å². The highest BCUT2D eigenvalue weighted by molar-refractivity contribution is 5.03. The van der Waals surface area contributed by atoms with Crippen LogP contribution in [0, 0.1) is 17.3 Å². The second kappa shape index (κ2) is 2.01. The highest BCUT2D eigenvalue weighted by Gasteiger charge is 2.56. The molecule has 1 aliphatic carbocycles. The Labute approximate surface area is 69.1 Å². The predicted octanol–water partition coefficient (Wildman–Crippen LogP) is 2.46. The van der Waals surface area contributed by atoms with Crippen molar-refractivity contribution in [1.82, 2.24) is 0 Å². The first-order valence-corrected chi connectivity index (χ1v) is 4.69. The van der Waals surface area contributed by atoms with Crippen LogP contribution in [0.2, 0.25) is 0 Å². The van der Waals surface area contributed by atoms with Gasteiger partial charge in [-0.15, -0.1) is 0 Å². The number of ether oxygens (including phenoxy) is 1. The first-order valence-electron chi connectivity index (χ1n) is 4.69. The first kappa shape index (κ1) is 7.60. The van der Waals surface area contributed by atoms with Gasteiger partial charge in [-0.2, -0.15) is 0 Å². The van der Waals surface area contributed by atoms with Crippen molar-refractivity contribution < 1.29 is 4.74 Å². The van der Waals surface area contributed by atoms with Crippen LogP contribution in [0.25, 0.3) is 0 Å². The third-order valence-electron chi connectivity index (χ3n) is 3.69. The zero-order chi connectivity index (χ0) is 8.22. The highest BCUT2D eigenvalue weighted by atomic mass is 16.5. The van der Waals surface area contributed by atoms with Crippen molar-refractivity contribution in [2.75, 3.05) is 0 Å². The molecule has 0 amide bonds. The van der Waals surface area contributed by atoms with Crippen LogP contribution in [-0.4, -0.2) is 12.2 Å². The molecule has 4 unspecified atom stereocenters. The Bertz CT molecular complexity index is 174. The first-order chi connectivity index (χ1) is 5.03. The minimum absolute atomic E-state index is 0.440. The van der Waals surface area contributed by atoms with E-state index in [1.165, 1.54) is 6.42 Å². The molecule has 11 heavy (non-hydrogen) atoms. The van der Waals surface area contributed by atoms with Crippen LogP contribution in [0.1, 0.15) is 34.1 Å². The average molecular weight is 154 g/mol. The lowest BCUT2D eigenvalue weighted by atomic mass is 9.73. The second-order valence-electron chi connectivity index (χ2n) is 4.90. The smallest absolute Gasteiger partial charge is 0.0685 e. The van der Waals surface area contributed by atoms with Crippen molar-refractivity contribution in [3.05, 3.63) is 0 Å². The van der Waals surface area contributed by atoms with Gasteiger partial charge in [-0.05, 0) is 25.2 Å². The molecule has 1 heteroatoms. The number of rotatable bonds is 1. The van der Waals surface area contributed by atoms with E-state index in [9.17, 15) is 0 Å². The molecule has 1 saturated carbocycles. The Morgan fingerprint density at radius 1 is 1.27 bits per heavy atom. The largest absolute Gasteiger partial charge is 0.374 e. The zero-order valence-corrected chi connectivity index (χ0v) is 7.92. The summed E-state index contributed by atoms with van der Waals surface area (Å²) in [6.45, 7) is 9.17. The monoisotopic (exact) mass is 154 g/mol. The van der Waals surface area contributed by atoms with Gasteiger partial charge in [-0.1, -0.05) is 20.8 Å². The predicted molar refractivity (Wildman–Crippen MR) is 45.4 cm³/mol. The van der Waals surface area contributed by atoms with Gasteiger partial charge in [0.15, 0.2) is 0 Å². The molecule has 64 valence electrons. The van der Waals surface area contributed by atoms with Crippen molar-refractivity contribution >= 4 is 0 Å². The molecule has 0 aromatic carbocycles. The fourth-order valence-corrected chi connectivity index (χ4v) is 2.16. The van der Waals surface area contributed by atoms with Crippen molar-refractivity contribution in [3.8, 4) is 0 Å². The molecule has 2 rings (SSSR count). The van der Waals surface area contributed by atoms with Crippen LogP contribution in [0.3, 0.4) is 0 Å². The SMILES string of the molecule is CC1CC1C1OC(C)C1(C)C. The molecule has 2 aliphatic rings. The third kappa shape index (κ3) is 0.936. The maximum atomic E-state index is 5.75. The molecular formula is C10H18O. The summed E-state index contributed by atoms with van der Waals surface area (Å²) in [4.78, 5) is 0. The summed E-state index contributed by atoms with van der Waals surface area (Å²) in [5.74, 6) is 1.80. The van der Waals surface area contributed by atoms with Gasteiger partial charge < -0.3 is 4.74 Å². The van der Waals surface area contributed by atoms with E-state index in [-0.39, 0.29) is 0 Å². The minimum Gasteiger partial charge on any atom is -0.374 e. The van der Waals surface area contributed by atoms with Gasteiger partial charge in [-0.3, -0.25) is 0 Å². The molecule has 0 spiro atoms. The van der Waals surface area contributed by atoms with Gasteiger partial charge >= 0.3 is 0 Å². The summed E-state index contributed by atoms with van der Waals surface area (Å²) in [6.07, 6.45) is 2.42. The molecule has 0 radical (unpaired) electrons. The quantitative estimate of drug-likeness (QED) is 0.563. The summed E-state index contributed by atoms with van der Waals surface area (Å²) in [5.41, 5.74) is 0.440. The van der Waals surface area contributed by atoms with E-state index in [0.717, 1.165) is 11.8 Å². The van der Waals surface area contributed by atoms with Crippen molar-refractivity contribution in [1.29, 1.82) is 0 Å². The van der Waals surface area contributed by atoms with E-state index < -0.39 is 0 Å². The van der Waals surface area contributed by atoms with Gasteiger partial charge in [-0.25, -0.2) is 0 Å². The van der Waals surface area contributed by atoms with Crippen LogP contribution >= 0.6 is 0 Å². The fourth-order valence-electron chi connectivity index (χ4n) is 2.16. The van der Waals surface area contributed by atoms with Crippen molar-refractivity contribution in [3.63, 3.8) is 0 Å². The zero-order valence-electron chi connectivity index (χ0n) is 7.92. The van der Waals surface area contributed by atoms with Gasteiger partial charge in [0.2, 0.25) is 0 Å². The Morgan fingerprint density at radius 3 is 2.09 bits per heavy atom. The van der Waals surface area contributed by atoms with Crippen molar-refractivity contribution in [2.45, 2.75) is 46.3 Å². The highest BCUT2D eigenvalue weighted by Crippen LogP contribution is 2.54. The number of hydrogen-bond donors (Lipinski definition) is 0. The van der Waals surface area contributed by atoms with Crippen LogP contribution in [-0.2, 0) is 4.74 Å². The molecule has 0 N–H and O–H groups in total. The maximum Gasteiger partial charge on any atom is 0.0685 e. The summed E-state index contributed by atoms with van der Waals surface area (Å²) in [5, 5.41) is 0. The Balaban J connectivity index is 1.98. The number of hydrogen-bond acceptors (Lipinski definition) is 1. The molecule has 1 heterocycles. The summed E-state index contributed by atoms with van der Waals surface area (Å²) in [7, 11) is 0. The molecule has 1 nitrogen and oxygen atoms in total. The van der Waals surface area contributed by atoms with E-state index in [4.69, 9.17) is 4.74 Å². The fraction of sp³-hybridized carbons (Fsp3) is 1.00. The van der Waals surface area contributed by atoms with Crippen molar-refractivity contribution in [2.24, 2.45) is 17.3 Å². The van der Waals surface area contributed by atoms with Gasteiger partial charge in [0, 0.05) is 5.41 Å². The van der Waals surface area contributed by atoms with Gasteiger partial charge in [0.1, 0.15) is 0 Å². The average Bonchev–Trinajstić information content (AvgIpc) is 2.61. The Kier molecular flexibility index (Phi) is 1.39. The lowest BCUT2D eigenvalue weighted by molar-refractivity contribution is -0.235. The van der Waals surface area contributed by atoms with E-state index in [2.05, 4.69) is 27.7 Å². The van der Waals surface area contributed by atoms with Crippen LogP contribution in [0.4, 0.5) is 0 Å². The summed E-state index contributed by atoms with van der Waals surface area (Å²) < 4.78 is 5.75.